The maximum atomic E-state index is 13.2. The number of sulfonamides is 1. The number of hydrogen-bond acceptors (Lipinski definition) is 5. The first-order valence-corrected chi connectivity index (χ1v) is 19.2. The molecule has 2 saturated carbocycles. The molecule has 6 nitrogen and oxygen atoms in total. The van der Waals surface area contributed by atoms with E-state index in [1.807, 2.05) is 0 Å². The summed E-state index contributed by atoms with van der Waals surface area (Å²) in [6.45, 7) is 13.7. The summed E-state index contributed by atoms with van der Waals surface area (Å²) in [4.78, 5) is 13.1. The number of esters is 1. The molecule has 0 bridgehead atoms. The second-order valence-electron chi connectivity index (χ2n) is 13.8. The van der Waals surface area contributed by atoms with Crippen molar-refractivity contribution in [2.24, 2.45) is 22.4 Å². The molecular formula is C31H42ClNO5SSi. The number of halogens is 1. The third-order valence-corrected chi connectivity index (χ3v) is 16.1. The fourth-order valence-electron chi connectivity index (χ4n) is 7.25. The fraction of sp³-hybridized carbons (Fsp3) is 0.581. The molecule has 2 fully saturated rings. The Morgan fingerprint density at radius 2 is 1.80 bits per heavy atom. The molecule has 9 heteroatoms. The molecule has 0 amide bonds. The van der Waals surface area contributed by atoms with Crippen LogP contribution < -0.4 is 9.56 Å². The lowest BCUT2D eigenvalue weighted by Gasteiger charge is -2.50. The molecule has 0 aromatic heterocycles. The number of ether oxygens (including phenoxy) is 1. The Kier molecular flexibility index (Phi) is 7.51. The topological polar surface area (TPSA) is 95.7 Å². The summed E-state index contributed by atoms with van der Waals surface area (Å²) < 4.78 is 36.3. The van der Waals surface area contributed by atoms with Gasteiger partial charge in [-0.05, 0) is 116 Å². The van der Waals surface area contributed by atoms with Crippen LogP contribution in [-0.4, -0.2) is 28.8 Å². The zero-order chi connectivity index (χ0) is 29.3. The van der Waals surface area contributed by atoms with E-state index in [1.165, 1.54) is 29.3 Å². The minimum absolute atomic E-state index is 0.0382. The number of rotatable bonds is 5. The van der Waals surface area contributed by atoms with E-state index in [0.29, 0.717) is 17.8 Å². The van der Waals surface area contributed by atoms with Crippen LogP contribution in [0.1, 0.15) is 87.2 Å². The number of fused-ring (bicyclic) bond motifs is 5. The number of nitrogens with two attached hydrogens (primary N) is 1. The predicted octanol–water partition coefficient (Wildman–Crippen LogP) is 7.45. The number of carbonyl (C=O) groups excluding carboxylic acids is 1. The summed E-state index contributed by atoms with van der Waals surface area (Å²) in [5, 5.41) is 5.58. The van der Waals surface area contributed by atoms with E-state index in [0.717, 1.165) is 44.3 Å². The third kappa shape index (κ3) is 5.25. The van der Waals surface area contributed by atoms with Gasteiger partial charge in [0.1, 0.15) is 11.9 Å². The van der Waals surface area contributed by atoms with Crippen molar-refractivity contribution in [2.75, 3.05) is 0 Å². The summed E-state index contributed by atoms with van der Waals surface area (Å²) in [5.74, 6) is 1.94. The van der Waals surface area contributed by atoms with Gasteiger partial charge in [0.2, 0.25) is 18.3 Å². The number of benzene rings is 2. The minimum atomic E-state index is -3.96. The van der Waals surface area contributed by atoms with Gasteiger partial charge < -0.3 is 9.16 Å². The quantitative estimate of drug-likeness (QED) is 0.283. The highest BCUT2D eigenvalue weighted by Gasteiger charge is 2.56. The number of primary sulfonamides is 1. The zero-order valence-corrected chi connectivity index (χ0v) is 27.0. The molecule has 3 unspecified atom stereocenters. The minimum Gasteiger partial charge on any atom is -0.543 e. The van der Waals surface area contributed by atoms with Gasteiger partial charge in [0.15, 0.2) is 0 Å². The maximum absolute atomic E-state index is 13.2. The molecule has 2 aromatic carbocycles. The van der Waals surface area contributed by atoms with Crippen LogP contribution in [0.15, 0.2) is 41.3 Å². The highest BCUT2D eigenvalue weighted by Crippen LogP contribution is 2.61. The standard InChI is InChI=1S/C31H42ClNO5SSi/c1-30(2,3)40(5,6)38-20-8-11-22-19(17-20)7-10-24-23(22)15-16-31(4)26(24)12-14-28(31)37-29(34)25-18-21(39(33,35)36)9-13-27(25)32/h8-9,11,13,17-18,23-24,26,28H,7,10,12,14-16H2,1-6H3,(H2,33,35,36)/t23?,24?,26?,28-,31-/m0/s1. The third-order valence-electron chi connectivity index (χ3n) is 10.5. The normalized spacial score (nSPS) is 28.3. The van der Waals surface area contributed by atoms with Gasteiger partial charge in [-0.15, -0.1) is 0 Å². The number of hydrogen-bond donors (Lipinski definition) is 1. The lowest BCUT2D eigenvalue weighted by atomic mass is 9.55. The first-order chi connectivity index (χ1) is 18.5. The van der Waals surface area contributed by atoms with Crippen molar-refractivity contribution < 1.29 is 22.4 Å². The molecular weight excluding hydrogens is 562 g/mol. The molecule has 0 aliphatic heterocycles. The Morgan fingerprint density at radius 1 is 1.07 bits per heavy atom. The number of aryl methyl sites for hydroxylation is 1. The van der Waals surface area contributed by atoms with Gasteiger partial charge >= 0.3 is 5.97 Å². The van der Waals surface area contributed by atoms with Crippen LogP contribution in [-0.2, 0) is 21.2 Å². The Morgan fingerprint density at radius 3 is 2.48 bits per heavy atom. The molecule has 5 rings (SSSR count). The van der Waals surface area contributed by atoms with Crippen molar-refractivity contribution >= 4 is 35.9 Å². The molecule has 2 aromatic rings. The first-order valence-electron chi connectivity index (χ1n) is 14.4. The van der Waals surface area contributed by atoms with E-state index in [4.69, 9.17) is 25.9 Å². The molecule has 0 heterocycles. The van der Waals surface area contributed by atoms with Crippen molar-refractivity contribution in [1.29, 1.82) is 0 Å². The monoisotopic (exact) mass is 603 g/mol. The van der Waals surface area contributed by atoms with Crippen LogP contribution in [0.4, 0.5) is 0 Å². The molecule has 5 atom stereocenters. The average molecular weight is 604 g/mol. The van der Waals surface area contributed by atoms with Crippen LogP contribution in [0, 0.1) is 17.3 Å². The van der Waals surface area contributed by atoms with Gasteiger partial charge in [-0.1, -0.05) is 45.4 Å². The van der Waals surface area contributed by atoms with E-state index in [9.17, 15) is 13.2 Å². The van der Waals surface area contributed by atoms with Gasteiger partial charge in [0, 0.05) is 5.41 Å². The van der Waals surface area contributed by atoms with Gasteiger partial charge in [0.05, 0.1) is 15.5 Å². The van der Waals surface area contributed by atoms with Crippen molar-refractivity contribution in [1.82, 2.24) is 0 Å². The van der Waals surface area contributed by atoms with E-state index in [1.54, 1.807) is 0 Å². The molecule has 218 valence electrons. The number of carbonyl (C=O) groups is 1. The van der Waals surface area contributed by atoms with Crippen molar-refractivity contribution in [2.45, 2.75) is 101 Å². The van der Waals surface area contributed by atoms with Gasteiger partial charge in [-0.3, -0.25) is 0 Å². The van der Waals surface area contributed by atoms with Gasteiger partial charge in [-0.25, -0.2) is 18.4 Å². The molecule has 3 aliphatic carbocycles. The molecule has 2 N–H and O–H groups in total. The molecule has 0 spiro atoms. The first kappa shape index (κ1) is 29.6. The Hall–Kier alpha value is -1.87. The largest absolute Gasteiger partial charge is 0.543 e. The summed E-state index contributed by atoms with van der Waals surface area (Å²) in [6, 6.07) is 10.7. The van der Waals surface area contributed by atoms with Crippen LogP contribution in [0.3, 0.4) is 0 Å². The zero-order valence-electron chi connectivity index (χ0n) is 24.4. The Labute approximate surface area is 245 Å². The van der Waals surface area contributed by atoms with E-state index in [-0.39, 0.29) is 32.0 Å². The van der Waals surface area contributed by atoms with Crippen LogP contribution >= 0.6 is 11.6 Å². The van der Waals surface area contributed by atoms with Gasteiger partial charge in [-0.2, -0.15) is 0 Å². The molecule has 0 radical (unpaired) electrons. The van der Waals surface area contributed by atoms with E-state index in [2.05, 4.69) is 59.0 Å². The summed E-state index contributed by atoms with van der Waals surface area (Å²) in [5.41, 5.74) is 2.81. The lowest BCUT2D eigenvalue weighted by molar-refractivity contribution is -0.0427. The van der Waals surface area contributed by atoms with Crippen LogP contribution in [0.2, 0.25) is 23.2 Å². The Bertz CT molecular complexity index is 1440. The van der Waals surface area contributed by atoms with E-state index < -0.39 is 24.3 Å². The SMILES string of the molecule is CC(C)(C)[Si](C)(C)Oc1ccc2c(c1)CCC1C2CC[C@@]2(C)C1CC[C@@H]2OC(=O)c1cc(S(N)(=O)=O)ccc1Cl. The van der Waals surface area contributed by atoms with Crippen molar-refractivity contribution in [3.63, 3.8) is 0 Å². The average Bonchev–Trinajstić information content (AvgIpc) is 3.18. The van der Waals surface area contributed by atoms with E-state index >= 15 is 0 Å². The fourth-order valence-corrected chi connectivity index (χ4v) is 9.00. The highest BCUT2D eigenvalue weighted by atomic mass is 35.5. The molecule has 0 saturated heterocycles. The molecule has 40 heavy (non-hydrogen) atoms. The second kappa shape index (κ2) is 10.1. The Balaban J connectivity index is 1.33. The van der Waals surface area contributed by atoms with Crippen molar-refractivity contribution in [3.05, 3.63) is 58.1 Å². The summed E-state index contributed by atoms with van der Waals surface area (Å²) in [6.07, 6.45) is 5.79. The summed E-state index contributed by atoms with van der Waals surface area (Å²) >= 11 is 6.26. The summed E-state index contributed by atoms with van der Waals surface area (Å²) in [7, 11) is -5.86. The predicted molar refractivity (Wildman–Crippen MR) is 161 cm³/mol. The van der Waals surface area contributed by atoms with Gasteiger partial charge in [0.25, 0.3) is 0 Å². The lowest BCUT2D eigenvalue weighted by Crippen LogP contribution is -2.45. The van der Waals surface area contributed by atoms with Crippen molar-refractivity contribution in [3.8, 4) is 5.75 Å². The highest BCUT2D eigenvalue weighted by molar-refractivity contribution is 7.89. The molecule has 3 aliphatic rings. The maximum Gasteiger partial charge on any atom is 0.339 e. The smallest absolute Gasteiger partial charge is 0.339 e. The second-order valence-corrected chi connectivity index (χ2v) is 20.5. The van der Waals surface area contributed by atoms with Crippen LogP contribution in [0.25, 0.3) is 0 Å². The van der Waals surface area contributed by atoms with Crippen LogP contribution in [0.5, 0.6) is 5.75 Å².